The molecule has 2 aromatic rings. The third-order valence-electron chi connectivity index (χ3n) is 6.37. The molecule has 3 nitrogen and oxygen atoms in total. The summed E-state index contributed by atoms with van der Waals surface area (Å²) in [5.41, 5.74) is 7.97. The molecular weight excluding hydrogens is 600 g/mol. The minimum Gasteiger partial charge on any atom is -0.380 e. The van der Waals surface area contributed by atoms with Crippen LogP contribution in [0.3, 0.4) is 0 Å². The molecule has 1 aliphatic heterocycles. The number of aryl methyl sites for hydroxylation is 2. The van der Waals surface area contributed by atoms with Gasteiger partial charge < -0.3 is 15.6 Å². The molecule has 1 saturated heterocycles. The standard InChI is InChI=1S/C19H25F3N2.C12H11F2N.C5H8.CH3F/c1-4-6-8-16(23)12-15(21)11-14(20)9-13(3)10-18-19(22)17(24-18)7-5-2;1-8-6-9(13)7-10(14)12(8)11-4-3-5-15(11)2;1-3-5-4-2;1-2/h4-9,11,13,16,18-19,24H,1-2,10,12,23H2,3H3;3-7H,1-2H3;3-5H,1H2,2H3;1H3/b8-6-,14-9+,15-11+,17-7+;;5-4-;/t13?,16?,18-,19?;;;/m1.../s1. The molecule has 4 atom stereocenters. The van der Waals surface area contributed by atoms with E-state index in [4.69, 9.17) is 5.73 Å². The van der Waals surface area contributed by atoms with Gasteiger partial charge in [-0.25, -0.2) is 22.0 Å². The van der Waals surface area contributed by atoms with E-state index in [1.165, 1.54) is 24.3 Å². The Kier molecular flexibility index (Phi) is 21.0. The Morgan fingerprint density at radius 1 is 1.09 bits per heavy atom. The zero-order valence-corrected chi connectivity index (χ0v) is 27.3. The molecule has 9 heteroatoms. The van der Waals surface area contributed by atoms with E-state index in [9.17, 15) is 26.3 Å². The van der Waals surface area contributed by atoms with E-state index in [-0.39, 0.29) is 18.4 Å². The highest BCUT2D eigenvalue weighted by molar-refractivity contribution is 5.65. The first kappa shape index (κ1) is 41.8. The van der Waals surface area contributed by atoms with E-state index < -0.39 is 35.5 Å². The second kappa shape index (κ2) is 23.1. The minimum absolute atomic E-state index is 0.0908. The smallest absolute Gasteiger partial charge is 0.159 e. The molecule has 252 valence electrons. The number of benzene rings is 1. The molecule has 1 aromatic heterocycles. The molecule has 2 heterocycles. The SMILES string of the molecule is C=C/C=C\C.C=C/C=C\C(N)C/C(F)=C\C(F)=C/C(C)C[C@H]1N/C(=C/C=C)C1F.CF.Cc1cc(F)cc(F)c1-c1cccn1C. The third kappa shape index (κ3) is 15.2. The number of aromatic nitrogens is 1. The molecular formula is C37H47F6N3. The van der Waals surface area contributed by atoms with Gasteiger partial charge in [-0.2, -0.15) is 0 Å². The number of allylic oxidation sites excluding steroid dienone is 10. The summed E-state index contributed by atoms with van der Waals surface area (Å²) in [5.74, 6) is -2.61. The summed E-state index contributed by atoms with van der Waals surface area (Å²) < 4.78 is 79.1. The second-order valence-corrected chi connectivity index (χ2v) is 10.2. The van der Waals surface area contributed by atoms with Gasteiger partial charge in [-0.1, -0.05) is 69.2 Å². The Labute approximate surface area is 270 Å². The Morgan fingerprint density at radius 3 is 2.22 bits per heavy atom. The quantitative estimate of drug-likeness (QED) is 0.188. The Balaban J connectivity index is 0.000000777. The fraction of sp³-hybridized carbons (Fsp3) is 0.297. The first-order valence-electron chi connectivity index (χ1n) is 14.6. The summed E-state index contributed by atoms with van der Waals surface area (Å²) in [7, 11) is 2.33. The van der Waals surface area contributed by atoms with Crippen molar-refractivity contribution in [2.75, 3.05) is 7.18 Å². The molecule has 0 aliphatic carbocycles. The topological polar surface area (TPSA) is 43.0 Å². The second-order valence-electron chi connectivity index (χ2n) is 10.2. The summed E-state index contributed by atoms with van der Waals surface area (Å²) in [5, 5.41) is 2.96. The largest absolute Gasteiger partial charge is 0.380 e. The van der Waals surface area contributed by atoms with E-state index in [1.807, 2.05) is 49.0 Å². The average molecular weight is 648 g/mol. The maximum absolute atomic E-state index is 13.8. The van der Waals surface area contributed by atoms with Gasteiger partial charge in [0.2, 0.25) is 0 Å². The van der Waals surface area contributed by atoms with E-state index in [2.05, 4.69) is 25.1 Å². The van der Waals surface area contributed by atoms with Crippen molar-refractivity contribution in [3.8, 4) is 11.3 Å². The van der Waals surface area contributed by atoms with E-state index in [1.54, 1.807) is 38.2 Å². The molecule has 0 bridgehead atoms. The van der Waals surface area contributed by atoms with Crippen molar-refractivity contribution >= 4 is 0 Å². The lowest BCUT2D eigenvalue weighted by Gasteiger charge is -2.37. The summed E-state index contributed by atoms with van der Waals surface area (Å²) >= 11 is 0. The van der Waals surface area contributed by atoms with Crippen molar-refractivity contribution in [3.05, 3.63) is 146 Å². The highest BCUT2D eigenvalue weighted by Gasteiger charge is 2.35. The summed E-state index contributed by atoms with van der Waals surface area (Å²) in [6.07, 6.45) is 16.6. The van der Waals surface area contributed by atoms with Crippen molar-refractivity contribution in [3.63, 3.8) is 0 Å². The van der Waals surface area contributed by atoms with Crippen LogP contribution in [-0.2, 0) is 7.05 Å². The van der Waals surface area contributed by atoms with Crippen LogP contribution in [0.1, 0.15) is 32.3 Å². The number of halogens is 6. The lowest BCUT2D eigenvalue weighted by molar-refractivity contribution is 0.193. The highest BCUT2D eigenvalue weighted by atomic mass is 19.2. The zero-order valence-electron chi connectivity index (χ0n) is 27.3. The molecule has 0 saturated carbocycles. The van der Waals surface area contributed by atoms with Crippen molar-refractivity contribution < 1.29 is 26.3 Å². The molecule has 3 N–H and O–H groups in total. The van der Waals surface area contributed by atoms with Crippen LogP contribution in [0.15, 0.2) is 128 Å². The van der Waals surface area contributed by atoms with Crippen LogP contribution in [0, 0.1) is 24.5 Å². The van der Waals surface area contributed by atoms with Crippen molar-refractivity contribution in [2.45, 2.75) is 51.9 Å². The first-order valence-corrected chi connectivity index (χ1v) is 14.6. The Morgan fingerprint density at radius 2 is 1.74 bits per heavy atom. The molecule has 0 spiro atoms. The summed E-state index contributed by atoms with van der Waals surface area (Å²) in [4.78, 5) is 0. The van der Waals surface area contributed by atoms with Gasteiger partial charge >= 0.3 is 0 Å². The first-order chi connectivity index (χ1) is 21.9. The molecule has 3 rings (SSSR count). The average Bonchev–Trinajstić information content (AvgIpc) is 3.41. The third-order valence-corrected chi connectivity index (χ3v) is 6.37. The lowest BCUT2D eigenvalue weighted by atomic mass is 9.90. The van der Waals surface area contributed by atoms with Crippen LogP contribution < -0.4 is 11.1 Å². The van der Waals surface area contributed by atoms with Crippen LogP contribution in [0.25, 0.3) is 11.3 Å². The van der Waals surface area contributed by atoms with Gasteiger partial charge in [0.25, 0.3) is 0 Å². The number of hydrogen-bond donors (Lipinski definition) is 2. The molecule has 0 amide bonds. The minimum atomic E-state index is -1.09. The van der Waals surface area contributed by atoms with E-state index >= 15 is 0 Å². The fourth-order valence-corrected chi connectivity index (χ4v) is 4.33. The number of nitrogens with one attached hydrogen (secondary N) is 1. The zero-order chi connectivity index (χ0) is 35.2. The predicted octanol–water partition coefficient (Wildman–Crippen LogP) is 10.2. The molecule has 1 fully saturated rings. The van der Waals surface area contributed by atoms with Crippen LogP contribution in [-0.4, -0.2) is 30.0 Å². The van der Waals surface area contributed by atoms with Gasteiger partial charge in [-0.15, -0.1) is 0 Å². The number of rotatable bonds is 11. The van der Waals surface area contributed by atoms with Gasteiger partial charge in [0, 0.05) is 49.1 Å². The van der Waals surface area contributed by atoms with Crippen LogP contribution in [0.4, 0.5) is 26.3 Å². The summed E-state index contributed by atoms with van der Waals surface area (Å²) in [6.45, 7) is 15.9. The molecule has 0 radical (unpaired) electrons. The van der Waals surface area contributed by atoms with Gasteiger partial charge in [-0.3, -0.25) is 4.39 Å². The van der Waals surface area contributed by atoms with Crippen LogP contribution >= 0.6 is 0 Å². The van der Waals surface area contributed by atoms with Gasteiger partial charge in [-0.05, 0) is 62.1 Å². The summed E-state index contributed by atoms with van der Waals surface area (Å²) in [6, 6.07) is 4.99. The van der Waals surface area contributed by atoms with Crippen LogP contribution in [0.5, 0.6) is 0 Å². The van der Waals surface area contributed by atoms with Crippen molar-refractivity contribution in [1.82, 2.24) is 9.88 Å². The number of nitrogens with zero attached hydrogens (tertiary/aromatic N) is 1. The normalized spacial score (nSPS) is 18.1. The van der Waals surface area contributed by atoms with Gasteiger partial charge in [0.15, 0.2) is 6.17 Å². The molecule has 1 aliphatic rings. The fourth-order valence-electron chi connectivity index (χ4n) is 4.33. The number of hydrogen-bond acceptors (Lipinski definition) is 2. The maximum atomic E-state index is 13.8. The number of alkyl halides is 2. The Bertz CT molecular complexity index is 1360. The number of nitrogens with two attached hydrogens (primary N) is 1. The highest BCUT2D eigenvalue weighted by Crippen LogP contribution is 2.28. The predicted molar refractivity (Wildman–Crippen MR) is 182 cm³/mol. The van der Waals surface area contributed by atoms with E-state index in [0.29, 0.717) is 30.4 Å². The molecule has 1 aromatic carbocycles. The van der Waals surface area contributed by atoms with Gasteiger partial charge in [0.05, 0.1) is 18.9 Å². The lowest BCUT2D eigenvalue weighted by Crippen LogP contribution is -2.53. The molecule has 46 heavy (non-hydrogen) atoms. The van der Waals surface area contributed by atoms with E-state index in [0.717, 1.165) is 17.8 Å². The molecule has 3 unspecified atom stereocenters. The Hall–Kier alpha value is -4.24. The van der Waals surface area contributed by atoms with Gasteiger partial charge in [0.1, 0.15) is 23.3 Å². The van der Waals surface area contributed by atoms with Crippen molar-refractivity contribution in [1.29, 1.82) is 0 Å². The maximum Gasteiger partial charge on any atom is 0.159 e. The van der Waals surface area contributed by atoms with Crippen LogP contribution in [0.2, 0.25) is 0 Å². The monoisotopic (exact) mass is 647 g/mol. The van der Waals surface area contributed by atoms with Crippen molar-refractivity contribution in [2.24, 2.45) is 18.7 Å².